The number of hydrogen-bond donors (Lipinski definition) is 1. The molecule has 0 unspecified atom stereocenters. The van der Waals surface area contributed by atoms with Gasteiger partial charge in [-0.1, -0.05) is 31.5 Å². The highest BCUT2D eigenvalue weighted by Crippen LogP contribution is 2.23. The average Bonchev–Trinajstić information content (AvgIpc) is 3.12. The molecule has 6 heteroatoms. The summed E-state index contributed by atoms with van der Waals surface area (Å²) in [5, 5.41) is 12.9. The Morgan fingerprint density at radius 1 is 1.24 bits per heavy atom. The van der Waals surface area contributed by atoms with Gasteiger partial charge in [-0.3, -0.25) is 14.5 Å². The SMILES string of the molecule is CCCCNC(=O)C1CCN(CC(=O)c2cn(CCC#N)c3ccccc23)CC1. The summed E-state index contributed by atoms with van der Waals surface area (Å²) in [7, 11) is 0. The number of rotatable bonds is 9. The second kappa shape index (κ2) is 10.2. The third-order valence-electron chi connectivity index (χ3n) is 5.71. The van der Waals surface area contributed by atoms with Crippen molar-refractivity contribution in [2.45, 2.75) is 45.6 Å². The van der Waals surface area contributed by atoms with E-state index >= 15 is 0 Å². The maximum absolute atomic E-state index is 13.0. The number of ketones is 1. The number of nitrogens with one attached hydrogen (secondary N) is 1. The van der Waals surface area contributed by atoms with E-state index in [1.807, 2.05) is 35.0 Å². The van der Waals surface area contributed by atoms with Gasteiger partial charge in [-0.05, 0) is 38.4 Å². The van der Waals surface area contributed by atoms with Crippen molar-refractivity contribution in [3.8, 4) is 6.07 Å². The Labute approximate surface area is 172 Å². The maximum atomic E-state index is 13.0. The average molecular weight is 395 g/mol. The summed E-state index contributed by atoms with van der Waals surface area (Å²) in [5.41, 5.74) is 1.71. The fourth-order valence-corrected chi connectivity index (χ4v) is 4.00. The summed E-state index contributed by atoms with van der Waals surface area (Å²) < 4.78 is 2.00. The summed E-state index contributed by atoms with van der Waals surface area (Å²) in [6.45, 7) is 5.36. The van der Waals surface area contributed by atoms with E-state index in [4.69, 9.17) is 5.26 Å². The number of Topliss-reactive ketones (excluding diaryl/α,β-unsaturated/α-hetero) is 1. The van der Waals surface area contributed by atoms with E-state index in [9.17, 15) is 9.59 Å². The number of benzene rings is 1. The molecular formula is C23H30N4O2. The summed E-state index contributed by atoms with van der Waals surface area (Å²) in [6, 6.07) is 10.0. The predicted octanol–water partition coefficient (Wildman–Crippen LogP) is 3.37. The maximum Gasteiger partial charge on any atom is 0.223 e. The Balaban J connectivity index is 1.59. The van der Waals surface area contributed by atoms with Crippen LogP contribution in [0, 0.1) is 17.2 Å². The molecule has 0 atom stereocenters. The fraction of sp³-hybridized carbons (Fsp3) is 0.522. The molecule has 1 N–H and O–H groups in total. The highest BCUT2D eigenvalue weighted by molar-refractivity contribution is 6.09. The van der Waals surface area contributed by atoms with Gasteiger partial charge in [-0.2, -0.15) is 5.26 Å². The molecule has 1 saturated heterocycles. The van der Waals surface area contributed by atoms with Crippen LogP contribution >= 0.6 is 0 Å². The van der Waals surface area contributed by atoms with Crippen molar-refractivity contribution in [1.82, 2.24) is 14.8 Å². The molecule has 0 radical (unpaired) electrons. The van der Waals surface area contributed by atoms with Gasteiger partial charge >= 0.3 is 0 Å². The number of aromatic nitrogens is 1. The van der Waals surface area contributed by atoms with E-state index in [0.29, 0.717) is 19.5 Å². The van der Waals surface area contributed by atoms with Crippen molar-refractivity contribution in [2.75, 3.05) is 26.2 Å². The Morgan fingerprint density at radius 2 is 2.00 bits per heavy atom. The van der Waals surface area contributed by atoms with Crippen LogP contribution in [0.1, 0.15) is 49.4 Å². The molecule has 1 aromatic heterocycles. The number of amides is 1. The lowest BCUT2D eigenvalue weighted by Gasteiger charge is -2.30. The zero-order valence-electron chi connectivity index (χ0n) is 17.2. The first-order valence-corrected chi connectivity index (χ1v) is 10.6. The van der Waals surface area contributed by atoms with Crippen molar-refractivity contribution < 1.29 is 9.59 Å². The van der Waals surface area contributed by atoms with Crippen molar-refractivity contribution >= 4 is 22.6 Å². The predicted molar refractivity (Wildman–Crippen MR) is 114 cm³/mol. The van der Waals surface area contributed by atoms with Crippen molar-refractivity contribution in [2.24, 2.45) is 5.92 Å². The van der Waals surface area contributed by atoms with Gasteiger partial charge in [0.15, 0.2) is 5.78 Å². The molecule has 0 aliphatic carbocycles. The van der Waals surface area contributed by atoms with Crippen LogP contribution in [0.5, 0.6) is 0 Å². The topological polar surface area (TPSA) is 78.1 Å². The van der Waals surface area contributed by atoms with Gasteiger partial charge in [0.2, 0.25) is 5.91 Å². The van der Waals surface area contributed by atoms with E-state index in [0.717, 1.165) is 61.8 Å². The van der Waals surface area contributed by atoms with Gasteiger partial charge in [-0.15, -0.1) is 0 Å². The number of nitriles is 1. The number of piperidine rings is 1. The number of para-hydroxylation sites is 1. The largest absolute Gasteiger partial charge is 0.356 e. The second-order valence-corrected chi connectivity index (χ2v) is 7.78. The van der Waals surface area contributed by atoms with E-state index in [2.05, 4.69) is 23.2 Å². The summed E-state index contributed by atoms with van der Waals surface area (Å²) in [5.74, 6) is 0.318. The first-order valence-electron chi connectivity index (χ1n) is 10.6. The molecule has 1 fully saturated rings. The molecule has 1 aromatic carbocycles. The molecule has 1 aliphatic heterocycles. The minimum atomic E-state index is 0.0612. The summed E-state index contributed by atoms with van der Waals surface area (Å²) in [4.78, 5) is 27.4. The van der Waals surface area contributed by atoms with Gasteiger partial charge in [0.05, 0.1) is 19.0 Å². The Kier molecular flexibility index (Phi) is 7.42. The van der Waals surface area contributed by atoms with E-state index in [-0.39, 0.29) is 17.6 Å². The lowest BCUT2D eigenvalue weighted by atomic mass is 9.95. The smallest absolute Gasteiger partial charge is 0.223 e. The molecule has 2 heterocycles. The molecule has 0 spiro atoms. The molecule has 2 aromatic rings. The lowest BCUT2D eigenvalue weighted by molar-refractivity contribution is -0.126. The van der Waals surface area contributed by atoms with Gasteiger partial charge in [0.25, 0.3) is 0 Å². The van der Waals surface area contributed by atoms with Crippen LogP contribution in [-0.4, -0.2) is 47.3 Å². The number of carbonyl (C=O) groups excluding carboxylic acids is 2. The van der Waals surface area contributed by atoms with E-state index in [1.54, 1.807) is 0 Å². The monoisotopic (exact) mass is 394 g/mol. The van der Waals surface area contributed by atoms with Crippen LogP contribution in [0.4, 0.5) is 0 Å². The molecule has 154 valence electrons. The van der Waals surface area contributed by atoms with Crippen molar-refractivity contribution in [3.05, 3.63) is 36.0 Å². The molecule has 6 nitrogen and oxygen atoms in total. The van der Waals surface area contributed by atoms with Gasteiger partial charge in [-0.25, -0.2) is 0 Å². The quantitative estimate of drug-likeness (QED) is 0.522. The number of hydrogen-bond acceptors (Lipinski definition) is 4. The van der Waals surface area contributed by atoms with Crippen LogP contribution < -0.4 is 5.32 Å². The van der Waals surface area contributed by atoms with Crippen molar-refractivity contribution in [1.29, 1.82) is 5.26 Å². The Morgan fingerprint density at radius 3 is 2.72 bits per heavy atom. The van der Waals surface area contributed by atoms with Crippen LogP contribution in [0.3, 0.4) is 0 Å². The van der Waals surface area contributed by atoms with Gasteiger partial charge in [0.1, 0.15) is 0 Å². The number of likely N-dealkylation sites (tertiary alicyclic amines) is 1. The van der Waals surface area contributed by atoms with E-state index < -0.39 is 0 Å². The minimum absolute atomic E-state index is 0.0612. The summed E-state index contributed by atoms with van der Waals surface area (Å²) >= 11 is 0. The standard InChI is InChI=1S/C23H30N4O2/c1-2-3-12-25-23(29)18-9-14-26(15-10-18)17-22(28)20-16-27(13-6-11-24)21-8-5-4-7-19(20)21/h4-5,7-8,16,18H,2-3,6,9-10,12-15,17H2,1H3,(H,25,29). The molecule has 1 aliphatic rings. The third kappa shape index (κ3) is 5.24. The zero-order valence-corrected chi connectivity index (χ0v) is 17.2. The molecular weight excluding hydrogens is 364 g/mol. The Hall–Kier alpha value is -2.65. The van der Waals surface area contributed by atoms with Gasteiger partial charge < -0.3 is 9.88 Å². The molecule has 0 saturated carbocycles. The first-order chi connectivity index (χ1) is 14.1. The number of carbonyl (C=O) groups is 2. The summed E-state index contributed by atoms with van der Waals surface area (Å²) in [6.07, 6.45) is 6.00. The minimum Gasteiger partial charge on any atom is -0.356 e. The molecule has 1 amide bonds. The molecule has 29 heavy (non-hydrogen) atoms. The van der Waals surface area contributed by atoms with Crippen molar-refractivity contribution in [3.63, 3.8) is 0 Å². The third-order valence-corrected chi connectivity index (χ3v) is 5.71. The van der Waals surface area contributed by atoms with Crippen LogP contribution in [0.25, 0.3) is 10.9 Å². The van der Waals surface area contributed by atoms with Gasteiger partial charge in [0, 0.05) is 41.7 Å². The fourth-order valence-electron chi connectivity index (χ4n) is 4.00. The lowest BCUT2D eigenvalue weighted by Crippen LogP contribution is -2.42. The van der Waals surface area contributed by atoms with Crippen LogP contribution in [0.2, 0.25) is 0 Å². The highest BCUT2D eigenvalue weighted by Gasteiger charge is 2.26. The van der Waals surface area contributed by atoms with E-state index in [1.165, 1.54) is 0 Å². The number of nitrogens with zero attached hydrogens (tertiary/aromatic N) is 3. The Bertz CT molecular complexity index is 888. The normalized spacial score (nSPS) is 15.3. The molecule has 3 rings (SSSR count). The second-order valence-electron chi connectivity index (χ2n) is 7.78. The van der Waals surface area contributed by atoms with Crippen LogP contribution in [-0.2, 0) is 11.3 Å². The zero-order chi connectivity index (χ0) is 20.6. The highest BCUT2D eigenvalue weighted by atomic mass is 16.2. The molecule has 0 bridgehead atoms. The number of aryl methyl sites for hydroxylation is 1. The number of unbranched alkanes of at least 4 members (excludes halogenated alkanes) is 1. The first kappa shape index (κ1) is 21.1. The van der Waals surface area contributed by atoms with Crippen LogP contribution in [0.15, 0.2) is 30.5 Å². The number of fused-ring (bicyclic) bond motifs is 1.